The number of para-hydroxylation sites is 1. The maximum atomic E-state index is 12.0. The standard InChI is InChI=1S/C18H15NO4/c1-11-7-8-17-13(9-11)19-14(18(21)23-17)10-15(20)12-5-3-4-6-16(12)22-2/h3-10,20H,1-2H3/b15-10-. The quantitative estimate of drug-likeness (QED) is 0.749. The van der Waals surface area contributed by atoms with Crippen LogP contribution in [0.3, 0.4) is 0 Å². The molecule has 3 aromatic rings. The molecule has 0 aliphatic rings. The summed E-state index contributed by atoms with van der Waals surface area (Å²) in [5, 5.41) is 10.3. The third-order valence-electron chi connectivity index (χ3n) is 3.42. The molecule has 23 heavy (non-hydrogen) atoms. The molecule has 0 saturated heterocycles. The zero-order valence-corrected chi connectivity index (χ0v) is 12.7. The molecular weight excluding hydrogens is 294 g/mol. The number of ether oxygens (including phenoxy) is 1. The van der Waals surface area contributed by atoms with Crippen LogP contribution in [0.15, 0.2) is 51.7 Å². The van der Waals surface area contributed by atoms with E-state index in [1.807, 2.05) is 19.1 Å². The number of nitrogens with zero attached hydrogens (tertiary/aromatic N) is 1. The highest BCUT2D eigenvalue weighted by Gasteiger charge is 2.10. The van der Waals surface area contributed by atoms with Crippen molar-refractivity contribution in [3.05, 3.63) is 69.7 Å². The van der Waals surface area contributed by atoms with Gasteiger partial charge in [0.25, 0.3) is 0 Å². The molecule has 0 bridgehead atoms. The summed E-state index contributed by atoms with van der Waals surface area (Å²) in [5.41, 5.74) is 1.87. The molecule has 0 aliphatic heterocycles. The first-order valence-corrected chi connectivity index (χ1v) is 7.04. The Kier molecular flexibility index (Phi) is 3.85. The van der Waals surface area contributed by atoms with Gasteiger partial charge in [0.15, 0.2) is 11.3 Å². The van der Waals surface area contributed by atoms with Crippen molar-refractivity contribution in [1.29, 1.82) is 0 Å². The average Bonchev–Trinajstić information content (AvgIpc) is 2.55. The number of aromatic nitrogens is 1. The van der Waals surface area contributed by atoms with E-state index in [-0.39, 0.29) is 11.5 Å². The van der Waals surface area contributed by atoms with Gasteiger partial charge in [-0.2, -0.15) is 0 Å². The number of aryl methyl sites for hydroxylation is 1. The van der Waals surface area contributed by atoms with Crippen LogP contribution in [-0.4, -0.2) is 17.2 Å². The highest BCUT2D eigenvalue weighted by Crippen LogP contribution is 2.25. The number of aliphatic hydroxyl groups is 1. The third-order valence-corrected chi connectivity index (χ3v) is 3.42. The summed E-state index contributed by atoms with van der Waals surface area (Å²) in [7, 11) is 1.51. The second kappa shape index (κ2) is 5.96. The fraction of sp³-hybridized carbons (Fsp3) is 0.111. The van der Waals surface area contributed by atoms with E-state index in [0.717, 1.165) is 5.56 Å². The molecule has 0 radical (unpaired) electrons. The fourth-order valence-corrected chi connectivity index (χ4v) is 2.28. The molecule has 116 valence electrons. The lowest BCUT2D eigenvalue weighted by Crippen LogP contribution is -2.06. The van der Waals surface area contributed by atoms with Gasteiger partial charge in [0.2, 0.25) is 0 Å². The largest absolute Gasteiger partial charge is 0.507 e. The number of rotatable bonds is 3. The van der Waals surface area contributed by atoms with E-state index in [1.54, 1.807) is 30.3 Å². The summed E-state index contributed by atoms with van der Waals surface area (Å²) in [5.74, 6) is 0.386. The van der Waals surface area contributed by atoms with Gasteiger partial charge >= 0.3 is 5.63 Å². The number of methoxy groups -OCH3 is 1. The molecule has 2 aromatic carbocycles. The summed E-state index contributed by atoms with van der Waals surface area (Å²) in [4.78, 5) is 16.3. The molecule has 3 rings (SSSR count). The molecular formula is C18H15NO4. The lowest BCUT2D eigenvalue weighted by atomic mass is 10.1. The first-order chi connectivity index (χ1) is 11.1. The van der Waals surface area contributed by atoms with Gasteiger partial charge in [-0.25, -0.2) is 9.78 Å². The van der Waals surface area contributed by atoms with Gasteiger partial charge in [0, 0.05) is 6.08 Å². The Morgan fingerprint density at radius 1 is 1.26 bits per heavy atom. The van der Waals surface area contributed by atoms with E-state index >= 15 is 0 Å². The molecule has 0 spiro atoms. The Bertz CT molecular complexity index is 957. The molecule has 5 heteroatoms. The second-order valence-corrected chi connectivity index (χ2v) is 5.09. The molecule has 0 aliphatic carbocycles. The Hall–Kier alpha value is -3.08. The zero-order valence-electron chi connectivity index (χ0n) is 12.7. The highest BCUT2D eigenvalue weighted by molar-refractivity contribution is 5.80. The lowest BCUT2D eigenvalue weighted by molar-refractivity contribution is 0.408. The number of fused-ring (bicyclic) bond motifs is 1. The van der Waals surface area contributed by atoms with Crippen LogP contribution in [0.4, 0.5) is 0 Å². The van der Waals surface area contributed by atoms with Crippen LogP contribution >= 0.6 is 0 Å². The van der Waals surface area contributed by atoms with Gasteiger partial charge in [-0.05, 0) is 36.8 Å². The number of hydrogen-bond acceptors (Lipinski definition) is 5. The topological polar surface area (TPSA) is 72.6 Å². The van der Waals surface area contributed by atoms with Crippen molar-refractivity contribution in [2.75, 3.05) is 7.11 Å². The minimum atomic E-state index is -0.609. The van der Waals surface area contributed by atoms with Gasteiger partial charge < -0.3 is 14.3 Å². The van der Waals surface area contributed by atoms with Crippen molar-refractivity contribution in [2.45, 2.75) is 6.92 Å². The van der Waals surface area contributed by atoms with E-state index in [4.69, 9.17) is 9.15 Å². The average molecular weight is 309 g/mol. The first-order valence-electron chi connectivity index (χ1n) is 7.04. The van der Waals surface area contributed by atoms with Crippen LogP contribution in [0.1, 0.15) is 16.8 Å². The van der Waals surface area contributed by atoms with E-state index in [2.05, 4.69) is 4.98 Å². The van der Waals surface area contributed by atoms with Crippen molar-refractivity contribution in [1.82, 2.24) is 4.98 Å². The molecule has 5 nitrogen and oxygen atoms in total. The van der Waals surface area contributed by atoms with Crippen LogP contribution < -0.4 is 10.4 Å². The van der Waals surface area contributed by atoms with Crippen LogP contribution in [0.5, 0.6) is 5.75 Å². The molecule has 1 aromatic heterocycles. The van der Waals surface area contributed by atoms with Crippen LogP contribution in [0, 0.1) is 6.92 Å². The van der Waals surface area contributed by atoms with Crippen molar-refractivity contribution in [2.24, 2.45) is 0 Å². The van der Waals surface area contributed by atoms with Crippen LogP contribution in [0.2, 0.25) is 0 Å². The zero-order chi connectivity index (χ0) is 16.4. The molecule has 0 amide bonds. The molecule has 0 atom stereocenters. The highest BCUT2D eigenvalue weighted by atomic mass is 16.5. The third kappa shape index (κ3) is 2.94. The summed E-state index contributed by atoms with van der Waals surface area (Å²) >= 11 is 0. The number of aliphatic hydroxyl groups excluding tert-OH is 1. The molecule has 0 fully saturated rings. The molecule has 1 heterocycles. The van der Waals surface area contributed by atoms with Gasteiger partial charge in [0.05, 0.1) is 12.7 Å². The maximum absolute atomic E-state index is 12.0. The van der Waals surface area contributed by atoms with Crippen molar-refractivity contribution in [3.63, 3.8) is 0 Å². The van der Waals surface area contributed by atoms with E-state index < -0.39 is 5.63 Å². The predicted octanol–water partition coefficient (Wildman–Crippen LogP) is 3.56. The summed E-state index contributed by atoms with van der Waals surface area (Å²) in [6, 6.07) is 12.3. The monoisotopic (exact) mass is 309 g/mol. The number of hydrogen-bond donors (Lipinski definition) is 1. The van der Waals surface area contributed by atoms with Crippen molar-refractivity contribution in [3.8, 4) is 5.75 Å². The van der Waals surface area contributed by atoms with E-state index in [9.17, 15) is 9.90 Å². The Labute approximate surface area is 132 Å². The van der Waals surface area contributed by atoms with Crippen LogP contribution in [-0.2, 0) is 0 Å². The smallest absolute Gasteiger partial charge is 0.362 e. The van der Waals surface area contributed by atoms with Crippen molar-refractivity contribution < 1.29 is 14.3 Å². The van der Waals surface area contributed by atoms with Gasteiger partial charge in [-0.1, -0.05) is 18.2 Å². The number of benzene rings is 2. The minimum Gasteiger partial charge on any atom is -0.507 e. The Morgan fingerprint density at radius 2 is 2.04 bits per heavy atom. The van der Waals surface area contributed by atoms with Crippen LogP contribution in [0.25, 0.3) is 22.9 Å². The SMILES string of the molecule is COc1ccccc1/C(O)=C/c1nc2cc(C)ccc2oc1=O. The van der Waals surface area contributed by atoms with E-state index in [1.165, 1.54) is 13.2 Å². The molecule has 0 unspecified atom stereocenters. The first kappa shape index (κ1) is 14.8. The Morgan fingerprint density at radius 3 is 2.83 bits per heavy atom. The molecule has 0 saturated carbocycles. The predicted molar refractivity (Wildman–Crippen MR) is 88.5 cm³/mol. The van der Waals surface area contributed by atoms with Gasteiger partial charge in [0.1, 0.15) is 17.0 Å². The summed E-state index contributed by atoms with van der Waals surface area (Å²) < 4.78 is 10.4. The normalized spacial score (nSPS) is 11.7. The van der Waals surface area contributed by atoms with Gasteiger partial charge in [-0.3, -0.25) is 0 Å². The second-order valence-electron chi connectivity index (χ2n) is 5.09. The lowest BCUT2D eigenvalue weighted by Gasteiger charge is -2.07. The van der Waals surface area contributed by atoms with E-state index in [0.29, 0.717) is 22.4 Å². The Balaban J connectivity index is 2.12. The summed E-state index contributed by atoms with van der Waals surface area (Å²) in [6.07, 6.45) is 1.28. The van der Waals surface area contributed by atoms with Crippen molar-refractivity contribution >= 4 is 22.9 Å². The van der Waals surface area contributed by atoms with Gasteiger partial charge in [-0.15, -0.1) is 0 Å². The summed E-state index contributed by atoms with van der Waals surface area (Å²) in [6.45, 7) is 1.92. The molecule has 1 N–H and O–H groups in total. The maximum Gasteiger partial charge on any atom is 0.362 e. The fourth-order valence-electron chi connectivity index (χ4n) is 2.28. The minimum absolute atomic E-state index is 0.0338.